The molecule has 0 amide bonds. The molecule has 0 heterocycles. The van der Waals surface area contributed by atoms with Gasteiger partial charge in [0.05, 0.1) is 5.56 Å². The molecule has 0 saturated heterocycles. The number of nitrogens with zero attached hydrogens (tertiary/aromatic N) is 1. The second-order valence-corrected chi connectivity index (χ2v) is 4.98. The lowest BCUT2D eigenvalue weighted by molar-refractivity contribution is -1.07. The second kappa shape index (κ2) is 7.92. The van der Waals surface area contributed by atoms with Crippen LogP contribution >= 0.6 is 0 Å². The lowest BCUT2D eigenvalue weighted by Gasteiger charge is -2.30. The number of benzene rings is 1. The van der Waals surface area contributed by atoms with Crippen molar-refractivity contribution < 1.29 is 14.3 Å². The highest BCUT2D eigenvalue weighted by Gasteiger charge is 2.27. The van der Waals surface area contributed by atoms with Gasteiger partial charge in [0.2, 0.25) is 0 Å². The molecule has 0 radical (unpaired) electrons. The Morgan fingerprint density at radius 1 is 1.21 bits per heavy atom. The number of quaternary nitrogens is 1. The van der Waals surface area contributed by atoms with Gasteiger partial charge < -0.3 is 5.73 Å². The molecule has 0 saturated carbocycles. The third-order valence-corrected chi connectivity index (χ3v) is 3.13. The maximum absolute atomic E-state index is 12.1. The monoisotopic (exact) mass is 265 g/mol. The van der Waals surface area contributed by atoms with Crippen molar-refractivity contribution in [3.05, 3.63) is 35.9 Å². The molecule has 2 N–H and O–H groups in total. The SMILES string of the molecule is CCCC[N+](C)(CCCN)OC(=O)c1ccccc1. The van der Waals surface area contributed by atoms with Gasteiger partial charge in [-0.05, 0) is 25.1 Å². The van der Waals surface area contributed by atoms with Crippen molar-refractivity contribution in [2.45, 2.75) is 26.2 Å². The fraction of sp³-hybridized carbons (Fsp3) is 0.533. The molecule has 0 aromatic heterocycles. The van der Waals surface area contributed by atoms with Crippen LogP contribution in [0.3, 0.4) is 0 Å². The summed E-state index contributed by atoms with van der Waals surface area (Å²) in [5, 5.41) is 0. The van der Waals surface area contributed by atoms with E-state index in [0.717, 1.165) is 32.4 Å². The van der Waals surface area contributed by atoms with E-state index in [4.69, 9.17) is 10.6 Å². The number of unbranched alkanes of at least 4 members (excludes halogenated alkanes) is 1. The van der Waals surface area contributed by atoms with Crippen LogP contribution < -0.4 is 5.73 Å². The molecule has 0 fully saturated rings. The van der Waals surface area contributed by atoms with Gasteiger partial charge in [-0.3, -0.25) is 4.84 Å². The molecule has 0 aliphatic rings. The Morgan fingerprint density at radius 3 is 2.42 bits per heavy atom. The van der Waals surface area contributed by atoms with E-state index in [1.165, 1.54) is 0 Å². The molecule has 0 spiro atoms. The Hall–Kier alpha value is -1.39. The first kappa shape index (κ1) is 15.7. The Bertz CT molecular complexity index is 371. The van der Waals surface area contributed by atoms with Crippen LogP contribution in [0, 0.1) is 0 Å². The number of hydrogen-bond acceptors (Lipinski definition) is 3. The molecule has 0 aliphatic heterocycles. The summed E-state index contributed by atoms with van der Waals surface area (Å²) in [5.74, 6) is -0.267. The number of hydrogen-bond donors (Lipinski definition) is 1. The van der Waals surface area contributed by atoms with E-state index in [1.807, 2.05) is 25.2 Å². The summed E-state index contributed by atoms with van der Waals surface area (Å²) in [6, 6.07) is 9.11. The number of rotatable bonds is 8. The summed E-state index contributed by atoms with van der Waals surface area (Å²) in [4.78, 5) is 17.8. The molecule has 19 heavy (non-hydrogen) atoms. The molecular weight excluding hydrogens is 240 g/mol. The van der Waals surface area contributed by atoms with Gasteiger partial charge in [-0.15, -0.1) is 4.65 Å². The zero-order valence-electron chi connectivity index (χ0n) is 12.0. The van der Waals surface area contributed by atoms with E-state index in [-0.39, 0.29) is 5.97 Å². The van der Waals surface area contributed by atoms with Gasteiger partial charge in [0.15, 0.2) is 0 Å². The summed E-state index contributed by atoms with van der Waals surface area (Å²) in [5.41, 5.74) is 6.15. The second-order valence-electron chi connectivity index (χ2n) is 4.98. The highest BCUT2D eigenvalue weighted by Crippen LogP contribution is 2.12. The third kappa shape index (κ3) is 5.41. The predicted octanol–water partition coefficient (Wildman–Crippen LogP) is 2.35. The number of carbonyl (C=O) groups is 1. The predicted molar refractivity (Wildman–Crippen MR) is 76.4 cm³/mol. The standard InChI is InChI=1S/C15H25N2O2/c1-3-4-12-17(2,13-8-11-16)19-15(18)14-9-6-5-7-10-14/h5-7,9-10H,3-4,8,11-13,16H2,1-2H3/q+1. The van der Waals surface area contributed by atoms with Crippen molar-refractivity contribution in [2.75, 3.05) is 26.7 Å². The van der Waals surface area contributed by atoms with Gasteiger partial charge in [0.25, 0.3) is 0 Å². The molecule has 4 nitrogen and oxygen atoms in total. The number of hydroxylamine groups is 3. The molecule has 4 heteroatoms. The van der Waals surface area contributed by atoms with Crippen molar-refractivity contribution in [2.24, 2.45) is 5.73 Å². The molecule has 1 rings (SSSR count). The van der Waals surface area contributed by atoms with E-state index in [0.29, 0.717) is 16.8 Å². The third-order valence-electron chi connectivity index (χ3n) is 3.13. The fourth-order valence-electron chi connectivity index (χ4n) is 1.95. The highest BCUT2D eigenvalue weighted by molar-refractivity contribution is 5.88. The van der Waals surface area contributed by atoms with Crippen LogP contribution in [-0.4, -0.2) is 37.3 Å². The Kier molecular flexibility index (Phi) is 6.53. The summed E-state index contributed by atoms with van der Waals surface area (Å²) in [7, 11) is 1.95. The van der Waals surface area contributed by atoms with Crippen molar-refractivity contribution in [3.8, 4) is 0 Å². The average molecular weight is 265 g/mol. The van der Waals surface area contributed by atoms with Crippen LogP contribution in [0.15, 0.2) is 30.3 Å². The van der Waals surface area contributed by atoms with E-state index >= 15 is 0 Å². The molecular formula is C15H25N2O2+. The van der Waals surface area contributed by atoms with Crippen molar-refractivity contribution in [3.63, 3.8) is 0 Å². The largest absolute Gasteiger partial charge is 0.397 e. The molecule has 0 bridgehead atoms. The summed E-state index contributed by atoms with van der Waals surface area (Å²) >= 11 is 0. The lowest BCUT2D eigenvalue weighted by Crippen LogP contribution is -2.47. The number of nitrogens with two attached hydrogens (primary N) is 1. The van der Waals surface area contributed by atoms with Crippen LogP contribution in [0.2, 0.25) is 0 Å². The molecule has 1 aromatic rings. The van der Waals surface area contributed by atoms with Gasteiger partial charge in [-0.2, -0.15) is 0 Å². The topological polar surface area (TPSA) is 52.3 Å². The Balaban J connectivity index is 2.68. The zero-order chi connectivity index (χ0) is 14.1. The van der Waals surface area contributed by atoms with Crippen LogP contribution in [0.25, 0.3) is 0 Å². The van der Waals surface area contributed by atoms with E-state index < -0.39 is 0 Å². The summed E-state index contributed by atoms with van der Waals surface area (Å²) in [6.07, 6.45) is 2.96. The van der Waals surface area contributed by atoms with Gasteiger partial charge in [0, 0.05) is 6.42 Å². The molecule has 1 atom stereocenters. The van der Waals surface area contributed by atoms with E-state index in [1.54, 1.807) is 12.1 Å². The summed E-state index contributed by atoms with van der Waals surface area (Å²) in [6.45, 7) is 4.33. The van der Waals surface area contributed by atoms with Gasteiger partial charge >= 0.3 is 5.97 Å². The Labute approximate surface area is 115 Å². The normalized spacial score (nSPS) is 13.8. The minimum atomic E-state index is -0.267. The fourth-order valence-corrected chi connectivity index (χ4v) is 1.95. The lowest BCUT2D eigenvalue weighted by atomic mass is 10.2. The van der Waals surface area contributed by atoms with Crippen LogP contribution in [0.4, 0.5) is 0 Å². The average Bonchev–Trinajstić information content (AvgIpc) is 2.44. The first-order valence-corrected chi connectivity index (χ1v) is 6.95. The van der Waals surface area contributed by atoms with Crippen molar-refractivity contribution >= 4 is 5.97 Å². The van der Waals surface area contributed by atoms with E-state index in [9.17, 15) is 4.79 Å². The Morgan fingerprint density at radius 2 is 1.84 bits per heavy atom. The molecule has 0 aliphatic carbocycles. The van der Waals surface area contributed by atoms with Crippen LogP contribution in [0.1, 0.15) is 36.5 Å². The molecule has 106 valence electrons. The van der Waals surface area contributed by atoms with Crippen LogP contribution in [0.5, 0.6) is 0 Å². The molecule has 1 aromatic carbocycles. The quantitative estimate of drug-likeness (QED) is 0.580. The molecule has 1 unspecified atom stereocenters. The van der Waals surface area contributed by atoms with Crippen molar-refractivity contribution in [1.82, 2.24) is 0 Å². The minimum absolute atomic E-state index is 0.267. The first-order chi connectivity index (χ1) is 9.11. The zero-order valence-corrected chi connectivity index (χ0v) is 12.0. The smallest absolute Gasteiger partial charge is 0.330 e. The van der Waals surface area contributed by atoms with E-state index in [2.05, 4.69) is 6.92 Å². The van der Waals surface area contributed by atoms with Gasteiger partial charge in [-0.1, -0.05) is 31.5 Å². The van der Waals surface area contributed by atoms with Crippen LogP contribution in [-0.2, 0) is 4.84 Å². The first-order valence-electron chi connectivity index (χ1n) is 6.95. The number of carbonyl (C=O) groups excluding carboxylic acids is 1. The maximum Gasteiger partial charge on any atom is 0.397 e. The summed E-state index contributed by atoms with van der Waals surface area (Å²) < 4.78 is 0.304. The highest BCUT2D eigenvalue weighted by atomic mass is 16.7. The van der Waals surface area contributed by atoms with Gasteiger partial charge in [-0.25, -0.2) is 4.79 Å². The van der Waals surface area contributed by atoms with Crippen molar-refractivity contribution in [1.29, 1.82) is 0 Å². The minimum Gasteiger partial charge on any atom is -0.330 e. The van der Waals surface area contributed by atoms with Gasteiger partial charge in [0.1, 0.15) is 20.1 Å². The maximum atomic E-state index is 12.1.